The molecule has 60 heavy (non-hydrogen) atoms. The molecule has 2 heterocycles. The van der Waals surface area contributed by atoms with Crippen LogP contribution in [0.4, 0.5) is 11.4 Å². The molecule has 4 aromatic rings. The normalized spacial score (nSPS) is 18.3. The summed E-state index contributed by atoms with van der Waals surface area (Å²) < 4.78 is 76.9. The highest BCUT2D eigenvalue weighted by Crippen LogP contribution is 2.51. The number of unbranched alkanes of at least 4 members (excludes halogenated alkanes) is 3. The van der Waals surface area contributed by atoms with Gasteiger partial charge in [-0.1, -0.05) is 67.1 Å². The van der Waals surface area contributed by atoms with Crippen LogP contribution < -0.4 is 9.64 Å². The molecule has 2 N–H and O–H groups in total. The third kappa shape index (κ3) is 10.3. The van der Waals surface area contributed by atoms with Crippen molar-refractivity contribution in [1.29, 1.82) is 0 Å². The fourth-order valence-electron chi connectivity index (χ4n) is 8.75. The van der Waals surface area contributed by atoms with Crippen molar-refractivity contribution in [2.75, 3.05) is 30.3 Å². The Balaban J connectivity index is 1.32. The Morgan fingerprint density at radius 1 is 0.850 bits per heavy atom. The second-order valence-corrected chi connectivity index (χ2v) is 19.2. The number of hydrogen-bond acceptors (Lipinski definition) is 8. The Hall–Kier alpha value is -5.08. The zero-order valence-corrected chi connectivity index (χ0v) is 36.1. The van der Waals surface area contributed by atoms with Crippen molar-refractivity contribution < 1.29 is 45.2 Å². The lowest BCUT2D eigenvalue weighted by atomic mass is 9.77. The zero-order chi connectivity index (χ0) is 43.1. The molecule has 13 heteroatoms. The number of carbonyl (C=O) groups is 1. The highest BCUT2D eigenvalue weighted by atomic mass is 32.2. The van der Waals surface area contributed by atoms with E-state index in [9.17, 15) is 35.8 Å². The summed E-state index contributed by atoms with van der Waals surface area (Å²) in [6.07, 6.45) is 14.5. The van der Waals surface area contributed by atoms with Crippen molar-refractivity contribution in [3.8, 4) is 5.75 Å². The van der Waals surface area contributed by atoms with Crippen LogP contribution in [0.2, 0.25) is 0 Å². The van der Waals surface area contributed by atoms with E-state index in [1.165, 1.54) is 12.1 Å². The first-order valence-electron chi connectivity index (χ1n) is 20.5. The number of aliphatic carboxylic acids is 1. The molecule has 0 spiro atoms. The summed E-state index contributed by atoms with van der Waals surface area (Å²) in [6.45, 7) is 8.20. The van der Waals surface area contributed by atoms with Gasteiger partial charge in [-0.15, -0.1) is 0 Å². The molecule has 11 nitrogen and oxygen atoms in total. The van der Waals surface area contributed by atoms with E-state index in [1.54, 1.807) is 6.07 Å². The first-order chi connectivity index (χ1) is 28.5. The number of para-hydroxylation sites is 2. The second kappa shape index (κ2) is 18.7. The number of fused-ring (bicyclic) bond motifs is 4. The lowest BCUT2D eigenvalue weighted by Crippen LogP contribution is -2.30. The fraction of sp³-hybridized carbons (Fsp3) is 0.362. The molecule has 0 aromatic heterocycles. The number of nitrogens with zero attached hydrogens (tertiary/aromatic N) is 2. The van der Waals surface area contributed by atoms with Crippen molar-refractivity contribution in [2.45, 2.75) is 87.9 Å². The van der Waals surface area contributed by atoms with Gasteiger partial charge in [-0.05, 0) is 112 Å². The van der Waals surface area contributed by atoms with Crippen LogP contribution in [0.1, 0.15) is 83.3 Å². The van der Waals surface area contributed by atoms with Gasteiger partial charge < -0.3 is 19.3 Å². The molecule has 0 aliphatic carbocycles. The minimum Gasteiger partial charge on any atom is -0.748 e. The molecule has 0 amide bonds. The highest BCUT2D eigenvalue weighted by molar-refractivity contribution is 7.86. The first-order valence-corrected chi connectivity index (χ1v) is 23.5. The Morgan fingerprint density at radius 3 is 2.32 bits per heavy atom. The van der Waals surface area contributed by atoms with Crippen molar-refractivity contribution in [3.63, 3.8) is 0 Å². The molecular formula is C47H54N2O9S2. The molecule has 0 saturated heterocycles. The number of hydrogen-bond donors (Lipinski definition) is 2. The van der Waals surface area contributed by atoms with E-state index in [0.29, 0.717) is 39.0 Å². The summed E-state index contributed by atoms with van der Waals surface area (Å²) in [5, 5.41) is 10.8. The molecule has 4 aromatic carbocycles. The molecular weight excluding hydrogens is 801 g/mol. The van der Waals surface area contributed by atoms with Gasteiger partial charge in [0.25, 0.3) is 10.1 Å². The Labute approximate surface area is 353 Å². The number of allylic oxidation sites excluding steroid dienone is 6. The Morgan fingerprint density at radius 2 is 1.58 bits per heavy atom. The van der Waals surface area contributed by atoms with E-state index in [4.69, 9.17) is 4.74 Å². The number of benzene rings is 4. The van der Waals surface area contributed by atoms with E-state index in [0.717, 1.165) is 69.7 Å². The number of anilines is 1. The van der Waals surface area contributed by atoms with Gasteiger partial charge >= 0.3 is 5.97 Å². The van der Waals surface area contributed by atoms with Crippen LogP contribution in [0.5, 0.6) is 5.75 Å². The smallest absolute Gasteiger partial charge is 0.303 e. The van der Waals surface area contributed by atoms with Crippen molar-refractivity contribution in [3.05, 3.63) is 132 Å². The average molecular weight is 855 g/mol. The third-order valence-electron chi connectivity index (χ3n) is 11.6. The van der Waals surface area contributed by atoms with Gasteiger partial charge in [-0.3, -0.25) is 9.35 Å². The summed E-state index contributed by atoms with van der Waals surface area (Å²) >= 11 is 0. The van der Waals surface area contributed by atoms with E-state index in [1.807, 2.05) is 72.8 Å². The standard InChI is InChI=1S/C47H54N2O9S2/c1-46(2)42(49(30-15-6-11-24-44(50)51)41-28-26-35-25-27-37(60(55,56)57)34-38(35)45(41)46)22-9-5-10-23-43-47(3,29-14-16-33-59(52,53)54)39-20-12-13-21-40(39)48(43)31-17-32-58-36-18-7-4-8-19-36/h4-5,7-10,12-13,18-23,25-28,34H,6,11,14-17,24,29-33H2,1-3H3,(H2-,50,51,52,53,54,55,56,57). The van der Waals surface area contributed by atoms with Gasteiger partial charge in [0.05, 0.1) is 27.0 Å². The lowest BCUT2D eigenvalue weighted by Gasteiger charge is -2.30. The Bertz CT molecular complexity index is 2560. The predicted octanol–water partition coefficient (Wildman–Crippen LogP) is 9.07. The van der Waals surface area contributed by atoms with Crippen LogP contribution in [-0.2, 0) is 35.9 Å². The quantitative estimate of drug-likeness (QED) is 0.0379. The van der Waals surface area contributed by atoms with Gasteiger partial charge in [0.1, 0.15) is 12.3 Å². The molecule has 0 bridgehead atoms. The fourth-order valence-corrected chi connectivity index (χ4v) is 9.81. The molecule has 0 saturated carbocycles. The van der Waals surface area contributed by atoms with Crippen LogP contribution in [0, 0.1) is 0 Å². The molecule has 6 rings (SSSR count). The summed E-state index contributed by atoms with van der Waals surface area (Å²) in [5.41, 5.74) is 5.11. The van der Waals surface area contributed by atoms with E-state index in [2.05, 4.69) is 54.5 Å². The summed E-state index contributed by atoms with van der Waals surface area (Å²) in [5.74, 6) is -0.412. The third-order valence-corrected chi connectivity index (χ3v) is 13.3. The molecule has 2 aliphatic heterocycles. The van der Waals surface area contributed by atoms with Crippen LogP contribution in [-0.4, -0.2) is 72.8 Å². The van der Waals surface area contributed by atoms with Crippen molar-refractivity contribution >= 4 is 54.1 Å². The van der Waals surface area contributed by atoms with E-state index < -0.39 is 42.8 Å². The topological polar surface area (TPSA) is 164 Å². The zero-order valence-electron chi connectivity index (χ0n) is 34.4. The minimum absolute atomic E-state index is 0.104. The number of carboxylic acids is 1. The molecule has 1 atom stereocenters. The molecule has 2 aliphatic rings. The first kappa shape index (κ1) is 44.5. The lowest BCUT2D eigenvalue weighted by molar-refractivity contribution is -0.438. The summed E-state index contributed by atoms with van der Waals surface area (Å²) in [7, 11) is -8.75. The maximum atomic E-state index is 12.2. The van der Waals surface area contributed by atoms with Crippen LogP contribution in [0.25, 0.3) is 10.8 Å². The largest absolute Gasteiger partial charge is 0.748 e. The number of carboxylic acid groups (broad SMARTS) is 1. The predicted molar refractivity (Wildman–Crippen MR) is 235 cm³/mol. The van der Waals surface area contributed by atoms with E-state index in [-0.39, 0.29) is 17.7 Å². The second-order valence-electron chi connectivity index (χ2n) is 16.2. The van der Waals surface area contributed by atoms with Gasteiger partial charge in [0.15, 0.2) is 5.71 Å². The average Bonchev–Trinajstić information content (AvgIpc) is 3.56. The SMILES string of the molecule is CC1(C)C(/C=C/C=C/C=C2/N(CCCOc3ccccc3)c3ccccc3C2(C)CCCCS(=O)(=O)[O-])=[N+](CCCCCC(=O)O)c2ccc3ccc(S(=O)(=O)O)cc3c21. The molecule has 0 radical (unpaired) electrons. The van der Waals surface area contributed by atoms with Gasteiger partial charge in [0.2, 0.25) is 5.69 Å². The monoisotopic (exact) mass is 854 g/mol. The van der Waals surface area contributed by atoms with Crippen LogP contribution in [0.3, 0.4) is 0 Å². The summed E-state index contributed by atoms with van der Waals surface area (Å²) in [4.78, 5) is 13.3. The van der Waals surface area contributed by atoms with Gasteiger partial charge in [0, 0.05) is 59.6 Å². The molecule has 0 fully saturated rings. The van der Waals surface area contributed by atoms with Gasteiger partial charge in [-0.2, -0.15) is 13.0 Å². The van der Waals surface area contributed by atoms with Crippen molar-refractivity contribution in [2.24, 2.45) is 0 Å². The van der Waals surface area contributed by atoms with Crippen LogP contribution in [0.15, 0.2) is 126 Å². The molecule has 318 valence electrons. The highest BCUT2D eigenvalue weighted by Gasteiger charge is 2.46. The minimum atomic E-state index is -4.44. The van der Waals surface area contributed by atoms with Gasteiger partial charge in [-0.25, -0.2) is 8.42 Å². The van der Waals surface area contributed by atoms with E-state index >= 15 is 0 Å². The number of rotatable bonds is 20. The number of ether oxygens (including phenoxy) is 1. The van der Waals surface area contributed by atoms with Crippen molar-refractivity contribution in [1.82, 2.24) is 0 Å². The summed E-state index contributed by atoms with van der Waals surface area (Å²) in [6, 6.07) is 26.6. The maximum Gasteiger partial charge on any atom is 0.303 e. The van der Waals surface area contributed by atoms with Crippen LogP contribution >= 0.6 is 0 Å². The maximum absolute atomic E-state index is 12.2. The Kier molecular flexibility index (Phi) is 13.8. The molecule has 1 unspecified atom stereocenters.